The second kappa shape index (κ2) is 4.73. The van der Waals surface area contributed by atoms with E-state index in [0.717, 1.165) is 17.3 Å². The van der Waals surface area contributed by atoms with E-state index in [2.05, 4.69) is 11.1 Å². The van der Waals surface area contributed by atoms with Crippen LogP contribution in [0.2, 0.25) is 0 Å². The summed E-state index contributed by atoms with van der Waals surface area (Å²) in [6, 6.07) is 2.12. The van der Waals surface area contributed by atoms with E-state index in [0.29, 0.717) is 12.3 Å². The normalized spacial score (nSPS) is 17.3. The summed E-state index contributed by atoms with van der Waals surface area (Å²) in [4.78, 5) is 4.45. The minimum atomic E-state index is 0.174. The molecule has 0 N–H and O–H groups in total. The van der Waals surface area contributed by atoms with Gasteiger partial charge in [-0.25, -0.2) is 4.98 Å². The third kappa shape index (κ3) is 2.55. The molecule has 0 bridgehead atoms. The summed E-state index contributed by atoms with van der Waals surface area (Å²) in [6.45, 7) is 2.74. The van der Waals surface area contributed by atoms with E-state index in [4.69, 9.17) is 10.00 Å². The Bertz CT molecular complexity index is 365. The molecule has 0 amide bonds. The van der Waals surface area contributed by atoms with E-state index in [1.54, 1.807) is 11.3 Å². The molecule has 0 spiro atoms. The van der Waals surface area contributed by atoms with Crippen molar-refractivity contribution in [1.82, 2.24) is 4.98 Å². The highest BCUT2D eigenvalue weighted by Crippen LogP contribution is 2.44. The molecule has 3 nitrogen and oxygen atoms in total. The van der Waals surface area contributed by atoms with E-state index < -0.39 is 0 Å². The molecule has 0 aliphatic heterocycles. The largest absolute Gasteiger partial charge is 0.371 e. The fourth-order valence-electron chi connectivity index (χ4n) is 1.60. The highest BCUT2D eigenvalue weighted by molar-refractivity contribution is 7.09. The SMILES string of the molecule is CCOC(c1nc(CC#N)cs1)C1CC1. The van der Waals surface area contributed by atoms with Gasteiger partial charge in [-0.1, -0.05) is 0 Å². The van der Waals surface area contributed by atoms with Crippen molar-refractivity contribution in [3.63, 3.8) is 0 Å². The maximum Gasteiger partial charge on any atom is 0.122 e. The molecule has 1 aliphatic carbocycles. The lowest BCUT2D eigenvalue weighted by Crippen LogP contribution is -2.06. The van der Waals surface area contributed by atoms with Crippen molar-refractivity contribution < 1.29 is 4.74 Å². The first-order valence-electron chi connectivity index (χ1n) is 5.28. The fraction of sp³-hybridized carbons (Fsp3) is 0.636. The standard InChI is InChI=1S/C11H14N2OS/c1-2-14-10(8-3-4-8)11-13-9(5-6-12)7-15-11/h7-8,10H,2-5H2,1H3. The second-order valence-corrected chi connectivity index (χ2v) is 4.62. The number of aromatic nitrogens is 1. The van der Waals surface area contributed by atoms with Crippen LogP contribution in [0.25, 0.3) is 0 Å². The zero-order valence-electron chi connectivity index (χ0n) is 8.77. The minimum Gasteiger partial charge on any atom is -0.371 e. The molecule has 1 unspecified atom stereocenters. The van der Waals surface area contributed by atoms with Gasteiger partial charge in [0.25, 0.3) is 0 Å². The first kappa shape index (κ1) is 10.6. The van der Waals surface area contributed by atoms with Crippen LogP contribution in [0, 0.1) is 17.2 Å². The van der Waals surface area contributed by atoms with Crippen molar-refractivity contribution in [2.24, 2.45) is 5.92 Å². The van der Waals surface area contributed by atoms with E-state index in [9.17, 15) is 0 Å². The summed E-state index contributed by atoms with van der Waals surface area (Å²) in [5.74, 6) is 0.658. The lowest BCUT2D eigenvalue weighted by atomic mass is 10.2. The predicted molar refractivity (Wildman–Crippen MR) is 58.5 cm³/mol. The first-order valence-corrected chi connectivity index (χ1v) is 6.16. The van der Waals surface area contributed by atoms with Crippen LogP contribution in [0.1, 0.15) is 36.6 Å². The Labute approximate surface area is 93.7 Å². The highest BCUT2D eigenvalue weighted by Gasteiger charge is 2.34. The van der Waals surface area contributed by atoms with Gasteiger partial charge in [0.1, 0.15) is 11.1 Å². The average Bonchev–Trinajstić information content (AvgIpc) is 2.96. The van der Waals surface area contributed by atoms with E-state index in [1.165, 1.54) is 12.8 Å². The van der Waals surface area contributed by atoms with Gasteiger partial charge in [-0.2, -0.15) is 5.26 Å². The molecule has 1 aromatic rings. The summed E-state index contributed by atoms with van der Waals surface area (Å²) in [5, 5.41) is 11.6. The molecule has 15 heavy (non-hydrogen) atoms. The molecule has 1 aliphatic rings. The molecule has 1 atom stereocenters. The summed E-state index contributed by atoms with van der Waals surface area (Å²) in [5.41, 5.74) is 0.878. The van der Waals surface area contributed by atoms with Crippen LogP contribution in [0.4, 0.5) is 0 Å². The number of hydrogen-bond acceptors (Lipinski definition) is 4. The van der Waals surface area contributed by atoms with Gasteiger partial charge in [0, 0.05) is 12.0 Å². The highest BCUT2D eigenvalue weighted by atomic mass is 32.1. The minimum absolute atomic E-state index is 0.174. The summed E-state index contributed by atoms with van der Waals surface area (Å²) < 4.78 is 5.71. The molecule has 1 heterocycles. The van der Waals surface area contributed by atoms with Crippen molar-refractivity contribution in [2.45, 2.75) is 32.3 Å². The maximum atomic E-state index is 8.58. The Balaban J connectivity index is 2.08. The van der Waals surface area contributed by atoms with Crippen molar-refractivity contribution >= 4 is 11.3 Å². The summed E-state index contributed by atoms with van der Waals surface area (Å²) in [7, 11) is 0. The number of rotatable bonds is 5. The number of nitriles is 1. The molecule has 0 saturated heterocycles. The molecule has 2 rings (SSSR count). The predicted octanol–water partition coefficient (Wildman–Crippen LogP) is 2.70. The van der Waals surface area contributed by atoms with Crippen molar-refractivity contribution in [2.75, 3.05) is 6.61 Å². The van der Waals surface area contributed by atoms with Crippen molar-refractivity contribution in [1.29, 1.82) is 5.26 Å². The van der Waals surface area contributed by atoms with Gasteiger partial charge in [-0.15, -0.1) is 11.3 Å². The van der Waals surface area contributed by atoms with E-state index in [-0.39, 0.29) is 6.10 Å². The van der Waals surface area contributed by atoms with E-state index >= 15 is 0 Å². The zero-order valence-corrected chi connectivity index (χ0v) is 9.59. The molecular formula is C11H14N2OS. The number of thiazole rings is 1. The molecule has 1 saturated carbocycles. The van der Waals surface area contributed by atoms with Gasteiger partial charge in [-0.05, 0) is 25.7 Å². The second-order valence-electron chi connectivity index (χ2n) is 3.73. The lowest BCUT2D eigenvalue weighted by Gasteiger charge is -2.12. The van der Waals surface area contributed by atoms with Gasteiger partial charge >= 0.3 is 0 Å². The van der Waals surface area contributed by atoms with Crippen LogP contribution in [0.15, 0.2) is 5.38 Å². The van der Waals surface area contributed by atoms with Crippen LogP contribution >= 0.6 is 11.3 Å². The van der Waals surface area contributed by atoms with Crippen LogP contribution in [0.5, 0.6) is 0 Å². The van der Waals surface area contributed by atoms with Gasteiger partial charge in [-0.3, -0.25) is 0 Å². The Morgan fingerprint density at radius 3 is 3.13 bits per heavy atom. The fourth-order valence-corrected chi connectivity index (χ4v) is 2.56. The lowest BCUT2D eigenvalue weighted by molar-refractivity contribution is 0.0461. The summed E-state index contributed by atoms with van der Waals surface area (Å²) >= 11 is 1.62. The average molecular weight is 222 g/mol. The van der Waals surface area contributed by atoms with Crippen LogP contribution < -0.4 is 0 Å². The van der Waals surface area contributed by atoms with Crippen LogP contribution in [-0.4, -0.2) is 11.6 Å². The Kier molecular flexibility index (Phi) is 3.34. The Hall–Kier alpha value is -0.920. The molecule has 1 fully saturated rings. The third-order valence-corrected chi connectivity index (χ3v) is 3.42. The Morgan fingerprint density at radius 1 is 1.73 bits per heavy atom. The molecule has 0 radical (unpaired) electrons. The zero-order chi connectivity index (χ0) is 10.7. The number of hydrogen-bond donors (Lipinski definition) is 0. The van der Waals surface area contributed by atoms with Gasteiger partial charge in [0.05, 0.1) is 18.2 Å². The number of ether oxygens (including phenoxy) is 1. The Morgan fingerprint density at radius 2 is 2.53 bits per heavy atom. The van der Waals surface area contributed by atoms with Crippen molar-refractivity contribution in [3.8, 4) is 6.07 Å². The quantitative estimate of drug-likeness (QED) is 0.769. The molecular weight excluding hydrogens is 208 g/mol. The maximum absolute atomic E-state index is 8.58. The van der Waals surface area contributed by atoms with Gasteiger partial charge < -0.3 is 4.74 Å². The molecule has 80 valence electrons. The molecule has 4 heteroatoms. The van der Waals surface area contributed by atoms with Crippen molar-refractivity contribution in [3.05, 3.63) is 16.1 Å². The molecule has 1 aromatic heterocycles. The smallest absolute Gasteiger partial charge is 0.122 e. The first-order chi connectivity index (χ1) is 7.35. The number of nitrogens with zero attached hydrogens (tertiary/aromatic N) is 2. The van der Waals surface area contributed by atoms with Crippen LogP contribution in [0.3, 0.4) is 0 Å². The van der Waals surface area contributed by atoms with E-state index in [1.807, 2.05) is 12.3 Å². The third-order valence-electron chi connectivity index (χ3n) is 2.47. The topological polar surface area (TPSA) is 45.9 Å². The van der Waals surface area contributed by atoms with Gasteiger partial charge in [0.2, 0.25) is 0 Å². The molecule has 0 aromatic carbocycles. The summed E-state index contributed by atoms with van der Waals surface area (Å²) in [6.07, 6.45) is 3.07. The van der Waals surface area contributed by atoms with Crippen LogP contribution in [-0.2, 0) is 11.2 Å². The van der Waals surface area contributed by atoms with Gasteiger partial charge in [0.15, 0.2) is 0 Å². The monoisotopic (exact) mass is 222 g/mol.